The van der Waals surface area contributed by atoms with Gasteiger partial charge in [0.1, 0.15) is 16.3 Å². The summed E-state index contributed by atoms with van der Waals surface area (Å²) in [6.45, 7) is 3.18. The Morgan fingerprint density at radius 3 is 2.63 bits per heavy atom. The van der Waals surface area contributed by atoms with Crippen molar-refractivity contribution in [1.82, 2.24) is 15.2 Å². The van der Waals surface area contributed by atoms with Crippen LogP contribution in [0, 0.1) is 13.8 Å². The number of sulfonamides is 1. The van der Waals surface area contributed by atoms with Gasteiger partial charge in [-0.3, -0.25) is 4.79 Å². The predicted molar refractivity (Wildman–Crippen MR) is 100 cm³/mol. The van der Waals surface area contributed by atoms with E-state index in [0.29, 0.717) is 6.54 Å². The number of nitrogens with one attached hydrogen (secondary N) is 2. The van der Waals surface area contributed by atoms with Gasteiger partial charge in [-0.15, -0.1) is 0 Å². The molecule has 0 saturated heterocycles. The third-order valence-corrected chi connectivity index (χ3v) is 5.69. The molecule has 1 amide bonds. The highest BCUT2D eigenvalue weighted by Crippen LogP contribution is 2.19. The number of unbranched alkanes of at least 4 members (excludes halogenated alkanes) is 1. The summed E-state index contributed by atoms with van der Waals surface area (Å²) in [6, 6.07) is 7.82. The molecular formula is C18H25N3O5S. The third-order valence-electron chi connectivity index (χ3n) is 4.05. The van der Waals surface area contributed by atoms with Crippen molar-refractivity contribution >= 4 is 15.9 Å². The maximum atomic E-state index is 12.2. The normalized spacial score (nSPS) is 11.4. The molecule has 27 heavy (non-hydrogen) atoms. The molecule has 0 aliphatic carbocycles. The van der Waals surface area contributed by atoms with Gasteiger partial charge in [-0.2, -0.15) is 0 Å². The van der Waals surface area contributed by atoms with Crippen molar-refractivity contribution in [1.29, 1.82) is 0 Å². The first-order valence-corrected chi connectivity index (χ1v) is 10.1. The summed E-state index contributed by atoms with van der Waals surface area (Å²) in [7, 11) is -2.19. The van der Waals surface area contributed by atoms with Gasteiger partial charge < -0.3 is 14.6 Å². The highest BCUT2D eigenvalue weighted by atomic mass is 32.2. The fraction of sp³-hybridized carbons (Fsp3) is 0.444. The quantitative estimate of drug-likeness (QED) is 0.593. The SMILES string of the molecule is COc1ccccc1CCCCNC(=O)CNS(=O)(=O)c1c(C)noc1C. The van der Waals surface area contributed by atoms with E-state index in [1.54, 1.807) is 7.11 Å². The van der Waals surface area contributed by atoms with Crippen LogP contribution in [0.1, 0.15) is 29.9 Å². The van der Waals surface area contributed by atoms with Crippen molar-refractivity contribution in [2.75, 3.05) is 20.2 Å². The summed E-state index contributed by atoms with van der Waals surface area (Å²) in [5.74, 6) is 0.662. The number of hydrogen-bond acceptors (Lipinski definition) is 6. The molecule has 1 aromatic heterocycles. The van der Waals surface area contributed by atoms with E-state index in [-0.39, 0.29) is 28.8 Å². The predicted octanol–water partition coefficient (Wildman–Crippen LogP) is 1.72. The number of aromatic nitrogens is 1. The molecular weight excluding hydrogens is 370 g/mol. The van der Waals surface area contributed by atoms with Gasteiger partial charge in [0.15, 0.2) is 5.76 Å². The smallest absolute Gasteiger partial charge is 0.246 e. The van der Waals surface area contributed by atoms with Crippen molar-refractivity contribution in [2.24, 2.45) is 0 Å². The van der Waals surface area contributed by atoms with Crippen LogP contribution >= 0.6 is 0 Å². The topological polar surface area (TPSA) is 111 Å². The second-order valence-corrected chi connectivity index (χ2v) is 7.80. The molecule has 0 radical (unpaired) electrons. The molecule has 148 valence electrons. The van der Waals surface area contributed by atoms with Crippen LogP contribution in [0.3, 0.4) is 0 Å². The minimum absolute atomic E-state index is 0.0212. The molecule has 2 aromatic rings. The fourth-order valence-electron chi connectivity index (χ4n) is 2.73. The minimum atomic E-state index is -3.83. The Morgan fingerprint density at radius 2 is 1.96 bits per heavy atom. The fourth-order valence-corrected chi connectivity index (χ4v) is 4.04. The van der Waals surface area contributed by atoms with Gasteiger partial charge in [0.05, 0.1) is 13.7 Å². The number of benzene rings is 1. The largest absolute Gasteiger partial charge is 0.496 e. The summed E-state index contributed by atoms with van der Waals surface area (Å²) in [4.78, 5) is 11.8. The Hall–Kier alpha value is -2.39. The number of amides is 1. The number of ether oxygens (including phenoxy) is 1. The molecule has 0 aliphatic heterocycles. The maximum absolute atomic E-state index is 12.2. The summed E-state index contributed by atoms with van der Waals surface area (Å²) in [5.41, 5.74) is 1.38. The van der Waals surface area contributed by atoms with E-state index >= 15 is 0 Å². The van der Waals surface area contributed by atoms with Gasteiger partial charge >= 0.3 is 0 Å². The lowest BCUT2D eigenvalue weighted by atomic mass is 10.1. The Morgan fingerprint density at radius 1 is 1.22 bits per heavy atom. The van der Waals surface area contributed by atoms with E-state index in [2.05, 4.69) is 15.2 Å². The molecule has 0 atom stereocenters. The first kappa shape index (κ1) is 20.9. The Balaban J connectivity index is 1.71. The van der Waals surface area contributed by atoms with Crippen LogP contribution in [0.15, 0.2) is 33.7 Å². The average molecular weight is 395 g/mol. The number of rotatable bonds is 10. The number of para-hydroxylation sites is 1. The van der Waals surface area contributed by atoms with E-state index in [0.717, 1.165) is 30.6 Å². The molecule has 9 heteroatoms. The first-order chi connectivity index (χ1) is 12.8. The number of methoxy groups -OCH3 is 1. The Bertz CT molecular complexity index is 857. The second kappa shape index (κ2) is 9.52. The van der Waals surface area contributed by atoms with E-state index < -0.39 is 10.0 Å². The lowest BCUT2D eigenvalue weighted by molar-refractivity contribution is -0.119. The zero-order valence-electron chi connectivity index (χ0n) is 15.7. The molecule has 0 aliphatic rings. The van der Waals surface area contributed by atoms with Gasteiger partial charge in [-0.25, -0.2) is 13.1 Å². The van der Waals surface area contributed by atoms with Crippen LogP contribution in [-0.4, -0.2) is 39.7 Å². The van der Waals surface area contributed by atoms with Crippen LogP contribution < -0.4 is 14.8 Å². The van der Waals surface area contributed by atoms with Gasteiger partial charge in [0.25, 0.3) is 0 Å². The number of carbonyl (C=O) groups excluding carboxylic acids is 1. The van der Waals surface area contributed by atoms with Gasteiger partial charge in [0, 0.05) is 6.54 Å². The van der Waals surface area contributed by atoms with Crippen molar-refractivity contribution in [3.8, 4) is 5.75 Å². The van der Waals surface area contributed by atoms with Crippen molar-refractivity contribution in [3.63, 3.8) is 0 Å². The highest BCUT2D eigenvalue weighted by Gasteiger charge is 2.24. The van der Waals surface area contributed by atoms with Crippen LogP contribution in [0.5, 0.6) is 5.75 Å². The van der Waals surface area contributed by atoms with Gasteiger partial charge in [-0.1, -0.05) is 23.4 Å². The average Bonchev–Trinajstić information content (AvgIpc) is 2.99. The summed E-state index contributed by atoms with van der Waals surface area (Å²) >= 11 is 0. The maximum Gasteiger partial charge on any atom is 0.246 e. The first-order valence-electron chi connectivity index (χ1n) is 8.66. The highest BCUT2D eigenvalue weighted by molar-refractivity contribution is 7.89. The summed E-state index contributed by atoms with van der Waals surface area (Å²) in [6.07, 6.45) is 2.50. The zero-order valence-corrected chi connectivity index (χ0v) is 16.6. The molecule has 0 unspecified atom stereocenters. The standard InChI is InChI=1S/C18H25N3O5S/c1-13-18(14(2)26-21-13)27(23,24)20-12-17(22)19-11-7-6-9-15-8-4-5-10-16(15)25-3/h4-5,8,10,20H,6-7,9,11-12H2,1-3H3,(H,19,22). The molecule has 0 spiro atoms. The van der Waals surface area contributed by atoms with Gasteiger partial charge in [0.2, 0.25) is 15.9 Å². The molecule has 2 N–H and O–H groups in total. The molecule has 0 saturated carbocycles. The van der Waals surface area contributed by atoms with Crippen molar-refractivity contribution in [3.05, 3.63) is 41.3 Å². The second-order valence-electron chi connectivity index (χ2n) is 6.10. The monoisotopic (exact) mass is 395 g/mol. The van der Waals surface area contributed by atoms with Crippen LogP contribution in [-0.2, 0) is 21.2 Å². The van der Waals surface area contributed by atoms with Crippen molar-refractivity contribution < 1.29 is 22.5 Å². The molecule has 1 aromatic carbocycles. The van der Waals surface area contributed by atoms with Gasteiger partial charge in [-0.05, 0) is 44.7 Å². The van der Waals surface area contributed by atoms with E-state index in [4.69, 9.17) is 9.26 Å². The van der Waals surface area contributed by atoms with E-state index in [1.807, 2.05) is 24.3 Å². The lowest BCUT2D eigenvalue weighted by Crippen LogP contribution is -2.37. The van der Waals surface area contributed by atoms with Crippen LogP contribution in [0.2, 0.25) is 0 Å². The number of nitrogens with zero attached hydrogens (tertiary/aromatic N) is 1. The lowest BCUT2D eigenvalue weighted by Gasteiger charge is -2.09. The Kier molecular flexibility index (Phi) is 7.37. The minimum Gasteiger partial charge on any atom is -0.496 e. The number of carbonyl (C=O) groups is 1. The third kappa shape index (κ3) is 5.80. The molecule has 1 heterocycles. The number of aryl methyl sites for hydroxylation is 3. The summed E-state index contributed by atoms with van der Waals surface area (Å²) in [5, 5.41) is 6.32. The molecule has 0 fully saturated rings. The Labute approximate surface area is 159 Å². The zero-order chi connectivity index (χ0) is 19.9. The number of hydrogen-bond donors (Lipinski definition) is 2. The molecule has 2 rings (SSSR count). The molecule has 0 bridgehead atoms. The van der Waals surface area contributed by atoms with E-state index in [9.17, 15) is 13.2 Å². The van der Waals surface area contributed by atoms with Crippen molar-refractivity contribution in [2.45, 2.75) is 38.0 Å². The van der Waals surface area contributed by atoms with Crippen LogP contribution in [0.4, 0.5) is 0 Å². The van der Waals surface area contributed by atoms with Crippen LogP contribution in [0.25, 0.3) is 0 Å². The summed E-state index contributed by atoms with van der Waals surface area (Å²) < 4.78 is 36.9. The van der Waals surface area contributed by atoms with E-state index in [1.165, 1.54) is 13.8 Å². The molecule has 8 nitrogen and oxygen atoms in total.